The summed E-state index contributed by atoms with van der Waals surface area (Å²) in [5, 5.41) is 14.6. The van der Waals surface area contributed by atoms with Crippen LogP contribution in [0.4, 0.5) is 0 Å². The van der Waals surface area contributed by atoms with Gasteiger partial charge in [-0.05, 0) is 55.4 Å². The molecule has 0 saturated heterocycles. The number of hydrogen-bond donors (Lipinski definition) is 2. The second-order valence-electron chi connectivity index (χ2n) is 7.06. The molecule has 0 aliphatic heterocycles. The van der Waals surface area contributed by atoms with Crippen LogP contribution in [0.1, 0.15) is 37.7 Å². The number of hydrogen-bond acceptors (Lipinski definition) is 2. The zero-order valence-electron chi connectivity index (χ0n) is 11.4. The van der Waals surface area contributed by atoms with Crippen LogP contribution in [0, 0.1) is 17.8 Å². The van der Waals surface area contributed by atoms with Crippen molar-refractivity contribution < 1.29 is 5.11 Å². The van der Waals surface area contributed by atoms with Crippen molar-refractivity contribution in [3.05, 3.63) is 35.9 Å². The topological polar surface area (TPSA) is 32.3 Å². The van der Waals surface area contributed by atoms with Gasteiger partial charge in [-0.1, -0.05) is 30.3 Å². The first-order valence-corrected chi connectivity index (χ1v) is 7.73. The Labute approximate surface area is 115 Å². The fourth-order valence-electron chi connectivity index (χ4n) is 5.18. The van der Waals surface area contributed by atoms with Gasteiger partial charge in [0.15, 0.2) is 0 Å². The van der Waals surface area contributed by atoms with E-state index in [-0.39, 0.29) is 0 Å². The highest BCUT2D eigenvalue weighted by atomic mass is 16.3. The molecule has 4 fully saturated rings. The number of rotatable bonds is 3. The fourth-order valence-corrected chi connectivity index (χ4v) is 5.18. The predicted octanol–water partition coefficient (Wildman–Crippen LogP) is 2.72. The van der Waals surface area contributed by atoms with Gasteiger partial charge in [0.1, 0.15) is 0 Å². The van der Waals surface area contributed by atoms with Crippen molar-refractivity contribution in [1.29, 1.82) is 0 Å². The first kappa shape index (κ1) is 11.9. The van der Waals surface area contributed by atoms with Gasteiger partial charge in [-0.2, -0.15) is 0 Å². The van der Waals surface area contributed by atoms with Gasteiger partial charge in [-0.15, -0.1) is 0 Å². The van der Waals surface area contributed by atoms with Crippen molar-refractivity contribution in [3.8, 4) is 0 Å². The Morgan fingerprint density at radius 1 is 1.05 bits per heavy atom. The summed E-state index contributed by atoms with van der Waals surface area (Å²) in [4.78, 5) is 0. The molecule has 4 aliphatic carbocycles. The molecule has 2 N–H and O–H groups in total. The van der Waals surface area contributed by atoms with Crippen molar-refractivity contribution in [3.63, 3.8) is 0 Å². The summed E-state index contributed by atoms with van der Waals surface area (Å²) in [5.74, 6) is 2.31. The van der Waals surface area contributed by atoms with Crippen molar-refractivity contribution in [1.82, 2.24) is 5.32 Å². The summed E-state index contributed by atoms with van der Waals surface area (Å²) in [5.41, 5.74) is 0.906. The standard InChI is InChI=1S/C17H23NO/c19-17-9-13-6-14(10-17)8-15(7-13)16(17)18-11-12-4-2-1-3-5-12/h1-5,13-16,18-19H,6-11H2. The van der Waals surface area contributed by atoms with Crippen molar-refractivity contribution in [2.45, 2.75) is 50.3 Å². The highest BCUT2D eigenvalue weighted by Gasteiger charge is 2.56. The monoisotopic (exact) mass is 257 g/mol. The number of aliphatic hydroxyl groups is 1. The molecule has 4 bridgehead atoms. The lowest BCUT2D eigenvalue weighted by Gasteiger charge is -2.59. The smallest absolute Gasteiger partial charge is 0.0808 e. The van der Waals surface area contributed by atoms with Gasteiger partial charge in [-0.3, -0.25) is 0 Å². The van der Waals surface area contributed by atoms with Crippen LogP contribution in [0.25, 0.3) is 0 Å². The molecular formula is C17H23NO. The Kier molecular flexibility index (Phi) is 2.71. The van der Waals surface area contributed by atoms with E-state index in [9.17, 15) is 5.11 Å². The summed E-state index contributed by atoms with van der Waals surface area (Å²) < 4.78 is 0. The van der Waals surface area contributed by atoms with Gasteiger partial charge in [0.05, 0.1) is 5.60 Å². The van der Waals surface area contributed by atoms with Gasteiger partial charge < -0.3 is 10.4 Å². The van der Waals surface area contributed by atoms with Gasteiger partial charge in [-0.25, -0.2) is 0 Å². The summed E-state index contributed by atoms with van der Waals surface area (Å²) in [6, 6.07) is 10.9. The van der Waals surface area contributed by atoms with Crippen LogP contribution in [0.15, 0.2) is 30.3 Å². The third-order valence-electron chi connectivity index (χ3n) is 5.64. The molecule has 0 radical (unpaired) electrons. The molecule has 2 nitrogen and oxygen atoms in total. The van der Waals surface area contributed by atoms with E-state index in [1.807, 2.05) is 0 Å². The van der Waals surface area contributed by atoms with E-state index in [0.717, 1.165) is 31.2 Å². The second kappa shape index (κ2) is 4.32. The Bertz CT molecular complexity index is 444. The van der Waals surface area contributed by atoms with Gasteiger partial charge in [0, 0.05) is 12.6 Å². The zero-order valence-corrected chi connectivity index (χ0v) is 11.4. The van der Waals surface area contributed by atoms with Crippen LogP contribution in [-0.4, -0.2) is 16.7 Å². The van der Waals surface area contributed by atoms with Crippen LogP contribution in [0.5, 0.6) is 0 Å². The molecule has 19 heavy (non-hydrogen) atoms. The fraction of sp³-hybridized carbons (Fsp3) is 0.647. The molecule has 2 heteroatoms. The van der Waals surface area contributed by atoms with Gasteiger partial charge in [0.25, 0.3) is 0 Å². The molecule has 5 rings (SSSR count). The molecule has 1 aromatic carbocycles. The SMILES string of the molecule is OC12CC3CC(CC(C3)C1NCc1ccccc1)C2. The quantitative estimate of drug-likeness (QED) is 0.872. The van der Waals surface area contributed by atoms with Crippen LogP contribution in [0.2, 0.25) is 0 Å². The van der Waals surface area contributed by atoms with Crippen molar-refractivity contribution >= 4 is 0 Å². The predicted molar refractivity (Wildman–Crippen MR) is 75.6 cm³/mol. The Morgan fingerprint density at radius 3 is 2.37 bits per heavy atom. The maximum absolute atomic E-state index is 11.0. The van der Waals surface area contributed by atoms with E-state index in [2.05, 4.69) is 35.6 Å². The van der Waals surface area contributed by atoms with E-state index >= 15 is 0 Å². The van der Waals surface area contributed by atoms with E-state index in [0.29, 0.717) is 12.0 Å². The number of benzene rings is 1. The molecule has 4 saturated carbocycles. The normalized spacial score (nSPS) is 43.6. The Hall–Kier alpha value is -0.860. The first-order valence-electron chi connectivity index (χ1n) is 7.73. The average molecular weight is 257 g/mol. The first-order chi connectivity index (χ1) is 9.23. The summed E-state index contributed by atoms with van der Waals surface area (Å²) >= 11 is 0. The molecule has 0 heterocycles. The molecule has 3 unspecified atom stereocenters. The minimum atomic E-state index is -0.413. The lowest BCUT2D eigenvalue weighted by Crippen LogP contribution is -2.65. The molecule has 102 valence electrons. The van der Waals surface area contributed by atoms with Crippen LogP contribution in [-0.2, 0) is 6.54 Å². The van der Waals surface area contributed by atoms with E-state index in [4.69, 9.17) is 0 Å². The molecule has 0 spiro atoms. The van der Waals surface area contributed by atoms with Crippen LogP contribution < -0.4 is 5.32 Å². The lowest BCUT2D eigenvalue weighted by atomic mass is 9.52. The highest BCUT2D eigenvalue weighted by molar-refractivity contribution is 5.16. The highest BCUT2D eigenvalue weighted by Crippen LogP contribution is 2.55. The lowest BCUT2D eigenvalue weighted by molar-refractivity contribution is -0.150. The zero-order chi connectivity index (χ0) is 12.9. The van der Waals surface area contributed by atoms with E-state index in [1.54, 1.807) is 0 Å². The third kappa shape index (κ3) is 2.02. The molecule has 0 aromatic heterocycles. The van der Waals surface area contributed by atoms with Gasteiger partial charge in [0.2, 0.25) is 0 Å². The van der Waals surface area contributed by atoms with E-state index < -0.39 is 5.60 Å². The largest absolute Gasteiger partial charge is 0.388 e. The minimum Gasteiger partial charge on any atom is -0.388 e. The van der Waals surface area contributed by atoms with Crippen molar-refractivity contribution in [2.75, 3.05) is 0 Å². The summed E-state index contributed by atoms with van der Waals surface area (Å²) in [6.45, 7) is 0.889. The Morgan fingerprint density at radius 2 is 1.74 bits per heavy atom. The summed E-state index contributed by atoms with van der Waals surface area (Å²) in [6.07, 6.45) is 6.12. The maximum Gasteiger partial charge on any atom is 0.0808 e. The molecule has 3 atom stereocenters. The van der Waals surface area contributed by atoms with Crippen LogP contribution in [0.3, 0.4) is 0 Å². The molecule has 1 aromatic rings. The van der Waals surface area contributed by atoms with Crippen molar-refractivity contribution in [2.24, 2.45) is 17.8 Å². The minimum absolute atomic E-state index is 0.320. The molecule has 0 amide bonds. The molecule has 4 aliphatic rings. The Balaban J connectivity index is 1.49. The molecular weight excluding hydrogens is 234 g/mol. The van der Waals surface area contributed by atoms with Gasteiger partial charge >= 0.3 is 0 Å². The summed E-state index contributed by atoms with van der Waals surface area (Å²) in [7, 11) is 0. The van der Waals surface area contributed by atoms with E-state index in [1.165, 1.54) is 24.8 Å². The second-order valence-corrected chi connectivity index (χ2v) is 7.06. The van der Waals surface area contributed by atoms with Crippen LogP contribution >= 0.6 is 0 Å². The third-order valence-corrected chi connectivity index (χ3v) is 5.64. The maximum atomic E-state index is 11.0. The average Bonchev–Trinajstić information content (AvgIpc) is 2.37. The number of nitrogens with one attached hydrogen (secondary N) is 1.